The zero-order valence-electron chi connectivity index (χ0n) is 18.5. The van der Waals surface area contributed by atoms with Gasteiger partial charge in [0.05, 0.1) is 32.1 Å². The number of nitrogens with one attached hydrogen (secondary N) is 3. The molecule has 2 aliphatic heterocycles. The number of amides is 3. The van der Waals surface area contributed by atoms with E-state index >= 15 is 0 Å². The summed E-state index contributed by atoms with van der Waals surface area (Å²) in [5.41, 5.74) is 4.46. The molecule has 0 unspecified atom stereocenters. The molecule has 3 rings (SSSR count). The smallest absolute Gasteiger partial charge is 0.239 e. The number of hydrogen-bond acceptors (Lipinski definition) is 8. The molecule has 1 saturated heterocycles. The van der Waals surface area contributed by atoms with Gasteiger partial charge in [0, 0.05) is 46.1 Å². The Bertz CT molecular complexity index is 868. The fraction of sp³-hybridized carbons (Fsp3) is 0.524. The molecule has 0 bridgehead atoms. The first kappa shape index (κ1) is 23.5. The second-order valence-corrected chi connectivity index (χ2v) is 7.52. The second kappa shape index (κ2) is 11.4. The van der Waals surface area contributed by atoms with Crippen molar-refractivity contribution in [1.82, 2.24) is 26.0 Å². The van der Waals surface area contributed by atoms with Gasteiger partial charge in [0.1, 0.15) is 5.75 Å². The maximum Gasteiger partial charge on any atom is 0.239 e. The predicted octanol–water partition coefficient (Wildman–Crippen LogP) is -0.106. The van der Waals surface area contributed by atoms with Gasteiger partial charge in [-0.2, -0.15) is 0 Å². The molecule has 1 aromatic carbocycles. The number of aliphatic imine (C=N–C) groups is 1. The van der Waals surface area contributed by atoms with Crippen molar-refractivity contribution >= 4 is 29.4 Å². The Hall–Kier alpha value is -3.18. The van der Waals surface area contributed by atoms with Crippen LogP contribution in [0, 0.1) is 0 Å². The Labute approximate surface area is 187 Å². The average molecular weight is 447 g/mol. The van der Waals surface area contributed by atoms with Crippen LogP contribution < -0.4 is 20.8 Å². The minimum absolute atomic E-state index is 0.0401. The molecule has 11 heteroatoms. The highest BCUT2D eigenvalue weighted by Gasteiger charge is 2.23. The van der Waals surface area contributed by atoms with Gasteiger partial charge in [-0.1, -0.05) is 6.07 Å². The number of rotatable bonds is 8. The highest BCUT2D eigenvalue weighted by atomic mass is 16.5. The maximum absolute atomic E-state index is 12.0. The van der Waals surface area contributed by atoms with Crippen LogP contribution in [0.1, 0.15) is 25.3 Å². The van der Waals surface area contributed by atoms with E-state index in [9.17, 15) is 14.4 Å². The molecule has 0 spiro atoms. The largest absolute Gasteiger partial charge is 0.494 e. The van der Waals surface area contributed by atoms with Crippen LogP contribution in [-0.2, 0) is 25.7 Å². The molecule has 0 radical (unpaired) electrons. The molecule has 2 aliphatic rings. The Morgan fingerprint density at radius 1 is 1.19 bits per heavy atom. The van der Waals surface area contributed by atoms with Crippen molar-refractivity contribution in [3.63, 3.8) is 0 Å². The number of benzene rings is 1. The van der Waals surface area contributed by atoms with Crippen LogP contribution in [-0.4, -0.2) is 80.1 Å². The van der Waals surface area contributed by atoms with E-state index in [1.54, 1.807) is 18.0 Å². The highest BCUT2D eigenvalue weighted by Crippen LogP contribution is 2.30. The van der Waals surface area contributed by atoms with Crippen LogP contribution in [0.25, 0.3) is 0 Å². The zero-order chi connectivity index (χ0) is 22.9. The summed E-state index contributed by atoms with van der Waals surface area (Å²) in [4.78, 5) is 41.6. The van der Waals surface area contributed by atoms with Crippen LogP contribution in [0.15, 0.2) is 23.2 Å². The first-order valence-electron chi connectivity index (χ1n) is 10.6. The number of ether oxygens (including phenoxy) is 2. The maximum atomic E-state index is 12.0. The Kier molecular flexibility index (Phi) is 8.40. The Morgan fingerprint density at radius 3 is 2.69 bits per heavy atom. The number of morpholine rings is 1. The van der Waals surface area contributed by atoms with Crippen molar-refractivity contribution in [2.75, 3.05) is 46.5 Å². The fourth-order valence-corrected chi connectivity index (χ4v) is 3.31. The van der Waals surface area contributed by atoms with Gasteiger partial charge in [-0.05, 0) is 18.1 Å². The number of carbonyl (C=O) groups excluding carboxylic acids is 3. The van der Waals surface area contributed by atoms with Crippen LogP contribution >= 0.6 is 0 Å². The molecule has 3 amide bonds. The summed E-state index contributed by atoms with van der Waals surface area (Å²) in [6, 6.07) is 5.52. The van der Waals surface area contributed by atoms with Crippen molar-refractivity contribution in [2.45, 2.75) is 26.3 Å². The first-order chi connectivity index (χ1) is 15.4. The molecule has 0 saturated carbocycles. The fourth-order valence-electron chi connectivity index (χ4n) is 3.31. The molecule has 3 N–H and O–H groups in total. The lowest BCUT2D eigenvalue weighted by atomic mass is 10.1. The third-order valence-corrected chi connectivity index (χ3v) is 4.96. The molecular formula is C21H30N6O5. The van der Waals surface area contributed by atoms with E-state index in [0.717, 1.165) is 5.56 Å². The van der Waals surface area contributed by atoms with Crippen molar-refractivity contribution < 1.29 is 23.9 Å². The van der Waals surface area contributed by atoms with Gasteiger partial charge in [-0.3, -0.25) is 25.1 Å². The summed E-state index contributed by atoms with van der Waals surface area (Å²) in [5, 5.41) is 7.12. The van der Waals surface area contributed by atoms with E-state index in [4.69, 9.17) is 9.47 Å². The number of carbonyl (C=O) groups is 3. The lowest BCUT2D eigenvalue weighted by molar-refractivity contribution is -0.128. The standard InChI is InChI=1S/C21H30N6O5/c1-15(28)23-21-24-18-12-17(6-5-16(18)13-26(21)14-20(30)22-2)32-9-3-4-19(29)25-27-7-10-31-11-8-27/h5-6,12H,3-4,7-11,13-14H2,1-2H3,(H,22,30)(H,25,29)(H,23,24,28). The van der Waals surface area contributed by atoms with Gasteiger partial charge in [0.25, 0.3) is 0 Å². The van der Waals surface area contributed by atoms with Gasteiger partial charge >= 0.3 is 0 Å². The first-order valence-corrected chi connectivity index (χ1v) is 10.6. The highest BCUT2D eigenvalue weighted by molar-refractivity contribution is 5.99. The van der Waals surface area contributed by atoms with Crippen molar-refractivity contribution in [3.05, 3.63) is 23.8 Å². The zero-order valence-corrected chi connectivity index (χ0v) is 18.5. The normalized spacial score (nSPS) is 15.9. The Morgan fingerprint density at radius 2 is 1.97 bits per heavy atom. The molecule has 174 valence electrons. The number of hydrazine groups is 1. The number of likely N-dealkylation sites (N-methyl/N-ethyl adjacent to an activating group) is 1. The molecular weight excluding hydrogens is 416 g/mol. The SMILES string of the molecule is CNC(=O)CN1Cc2ccc(OCCCC(=O)NN3CCOCC3)cc2N=C1NC(C)=O. The van der Waals surface area contributed by atoms with Crippen LogP contribution in [0.4, 0.5) is 5.69 Å². The number of guanidine groups is 1. The van der Waals surface area contributed by atoms with E-state index in [1.807, 2.05) is 17.1 Å². The van der Waals surface area contributed by atoms with E-state index in [0.29, 0.717) is 69.7 Å². The minimum Gasteiger partial charge on any atom is -0.494 e. The molecule has 0 aliphatic carbocycles. The lowest BCUT2D eigenvalue weighted by Gasteiger charge is -2.29. The molecule has 0 atom stereocenters. The minimum atomic E-state index is -0.267. The van der Waals surface area contributed by atoms with Crippen LogP contribution in [0.2, 0.25) is 0 Å². The van der Waals surface area contributed by atoms with Gasteiger partial charge in [-0.25, -0.2) is 10.0 Å². The van der Waals surface area contributed by atoms with Crippen LogP contribution in [0.5, 0.6) is 5.75 Å². The summed E-state index contributed by atoms with van der Waals surface area (Å²) in [6.45, 7) is 4.93. The number of fused-ring (bicyclic) bond motifs is 1. The summed E-state index contributed by atoms with van der Waals surface area (Å²) < 4.78 is 11.0. The van der Waals surface area contributed by atoms with E-state index < -0.39 is 0 Å². The Balaban J connectivity index is 1.53. The summed E-state index contributed by atoms with van der Waals surface area (Å²) >= 11 is 0. The summed E-state index contributed by atoms with van der Waals surface area (Å²) in [7, 11) is 1.56. The third-order valence-electron chi connectivity index (χ3n) is 4.96. The molecule has 2 heterocycles. The second-order valence-electron chi connectivity index (χ2n) is 7.52. The molecule has 1 fully saturated rings. The van der Waals surface area contributed by atoms with Gasteiger partial charge in [-0.15, -0.1) is 0 Å². The van der Waals surface area contributed by atoms with E-state index in [1.165, 1.54) is 6.92 Å². The average Bonchev–Trinajstić information content (AvgIpc) is 2.77. The van der Waals surface area contributed by atoms with Crippen molar-refractivity contribution in [3.8, 4) is 5.75 Å². The predicted molar refractivity (Wildman–Crippen MR) is 117 cm³/mol. The van der Waals surface area contributed by atoms with Gasteiger partial charge < -0.3 is 19.7 Å². The number of hydrogen-bond donors (Lipinski definition) is 3. The summed E-state index contributed by atoms with van der Waals surface area (Å²) in [5.74, 6) is 0.469. The van der Waals surface area contributed by atoms with E-state index in [2.05, 4.69) is 21.1 Å². The molecule has 11 nitrogen and oxygen atoms in total. The van der Waals surface area contributed by atoms with Crippen molar-refractivity contribution in [1.29, 1.82) is 0 Å². The third kappa shape index (κ3) is 6.92. The number of nitrogens with zero attached hydrogens (tertiary/aromatic N) is 3. The van der Waals surface area contributed by atoms with Gasteiger partial charge in [0.2, 0.25) is 23.7 Å². The molecule has 1 aromatic rings. The van der Waals surface area contributed by atoms with E-state index in [-0.39, 0.29) is 24.3 Å². The topological polar surface area (TPSA) is 125 Å². The lowest BCUT2D eigenvalue weighted by Crippen LogP contribution is -2.48. The monoisotopic (exact) mass is 446 g/mol. The molecule has 0 aromatic heterocycles. The van der Waals surface area contributed by atoms with Crippen molar-refractivity contribution in [2.24, 2.45) is 4.99 Å². The van der Waals surface area contributed by atoms with Crippen LogP contribution in [0.3, 0.4) is 0 Å². The quantitative estimate of drug-likeness (QED) is 0.476. The van der Waals surface area contributed by atoms with Gasteiger partial charge in [0.15, 0.2) is 0 Å². The summed E-state index contributed by atoms with van der Waals surface area (Å²) in [6.07, 6.45) is 0.940. The molecule has 32 heavy (non-hydrogen) atoms.